The van der Waals surface area contributed by atoms with Crippen LogP contribution in [-0.4, -0.2) is 11.4 Å². The van der Waals surface area contributed by atoms with Crippen molar-refractivity contribution in [3.63, 3.8) is 0 Å². The molecule has 1 nitrogen and oxygen atoms in total. The van der Waals surface area contributed by atoms with Crippen LogP contribution in [0, 0.1) is 0 Å². The maximum Gasteiger partial charge on any atom is 0.0459 e. The second-order valence-electron chi connectivity index (χ2n) is 3.58. The Hall–Kier alpha value is -1.24. The Kier molecular flexibility index (Phi) is 6.52. The van der Waals surface area contributed by atoms with E-state index in [1.165, 1.54) is 11.3 Å². The summed E-state index contributed by atoms with van der Waals surface area (Å²) in [5.74, 6) is 0. The van der Waals surface area contributed by atoms with Crippen LogP contribution in [0.15, 0.2) is 47.9 Å². The van der Waals surface area contributed by atoms with E-state index in [-0.39, 0.29) is 0 Å². The molecule has 1 heteroatoms. The lowest BCUT2D eigenvalue weighted by atomic mass is 10.1. The van der Waals surface area contributed by atoms with E-state index >= 15 is 0 Å². The van der Waals surface area contributed by atoms with Crippen LogP contribution in [0.5, 0.6) is 0 Å². The zero-order valence-corrected chi connectivity index (χ0v) is 10.7. The summed E-state index contributed by atoms with van der Waals surface area (Å²) in [5, 5.41) is 0. The predicted molar refractivity (Wildman–Crippen MR) is 69.5 cm³/mol. The zero-order chi connectivity index (χ0) is 11.8. The van der Waals surface area contributed by atoms with E-state index in [1.807, 2.05) is 13.8 Å². The van der Waals surface area contributed by atoms with Gasteiger partial charge in [0.05, 0.1) is 0 Å². The molecule has 0 bridgehead atoms. The third kappa shape index (κ3) is 4.20. The van der Waals surface area contributed by atoms with Crippen LogP contribution >= 0.6 is 0 Å². The molecule has 84 valence electrons. The average Bonchev–Trinajstić information content (AvgIpc) is 2.16. The highest BCUT2D eigenvalue weighted by Crippen LogP contribution is 2.19. The number of likely N-dealkylation sites (N-methyl/N-ethyl adjacent to an activating group) is 1. The fourth-order valence-corrected chi connectivity index (χ4v) is 1.66. The maximum absolute atomic E-state index is 4.04. The first-order valence-electron chi connectivity index (χ1n) is 5.47. The van der Waals surface area contributed by atoms with Gasteiger partial charge in [0.25, 0.3) is 0 Å². The first-order valence-corrected chi connectivity index (χ1v) is 5.47. The second-order valence-corrected chi connectivity index (χ2v) is 3.58. The largest absolute Gasteiger partial charge is 0.348 e. The van der Waals surface area contributed by atoms with Crippen molar-refractivity contribution in [1.29, 1.82) is 0 Å². The van der Waals surface area contributed by atoms with Gasteiger partial charge in [0, 0.05) is 12.2 Å². The lowest BCUT2D eigenvalue weighted by Gasteiger charge is -2.24. The van der Waals surface area contributed by atoms with Gasteiger partial charge in [-0.15, -0.1) is 0 Å². The van der Waals surface area contributed by atoms with Crippen LogP contribution in [-0.2, 0) is 0 Å². The molecule has 0 atom stereocenters. The molecule has 0 saturated carbocycles. The van der Waals surface area contributed by atoms with Crippen molar-refractivity contribution in [3.8, 4) is 0 Å². The van der Waals surface area contributed by atoms with Gasteiger partial charge >= 0.3 is 0 Å². The van der Waals surface area contributed by atoms with Crippen molar-refractivity contribution in [2.75, 3.05) is 6.54 Å². The summed E-state index contributed by atoms with van der Waals surface area (Å²) in [6.07, 6.45) is 8.32. The fourth-order valence-electron chi connectivity index (χ4n) is 1.66. The van der Waals surface area contributed by atoms with Crippen LogP contribution in [0.1, 0.15) is 34.6 Å². The lowest BCUT2D eigenvalue weighted by Crippen LogP contribution is -2.17. The summed E-state index contributed by atoms with van der Waals surface area (Å²) >= 11 is 0. The van der Waals surface area contributed by atoms with Gasteiger partial charge in [-0.2, -0.15) is 0 Å². The zero-order valence-electron chi connectivity index (χ0n) is 10.7. The smallest absolute Gasteiger partial charge is 0.0459 e. The Balaban J connectivity index is 5.28. The SMILES string of the molecule is C=C(C)/C(=C(C)/C=C\C)N(/C=C\C)CC. The minimum absolute atomic E-state index is 0.960. The Bertz CT molecular complexity index is 292. The molecule has 0 aliphatic carbocycles. The quantitative estimate of drug-likeness (QED) is 0.606. The molecule has 0 fully saturated rings. The van der Waals surface area contributed by atoms with Gasteiger partial charge < -0.3 is 4.90 Å². The summed E-state index contributed by atoms with van der Waals surface area (Å²) in [7, 11) is 0. The van der Waals surface area contributed by atoms with E-state index in [0.29, 0.717) is 0 Å². The fraction of sp³-hybridized carbons (Fsp3) is 0.429. The summed E-state index contributed by atoms with van der Waals surface area (Å²) in [6, 6.07) is 0. The third-order valence-electron chi connectivity index (χ3n) is 2.15. The van der Waals surface area contributed by atoms with Crippen molar-refractivity contribution >= 4 is 0 Å². The van der Waals surface area contributed by atoms with Crippen molar-refractivity contribution in [1.82, 2.24) is 4.90 Å². The van der Waals surface area contributed by atoms with Crippen LogP contribution in [0.2, 0.25) is 0 Å². The number of allylic oxidation sites excluding steroid dienone is 5. The molecule has 0 amide bonds. The first-order chi connectivity index (χ1) is 7.08. The third-order valence-corrected chi connectivity index (χ3v) is 2.15. The summed E-state index contributed by atoms with van der Waals surface area (Å²) in [4.78, 5) is 2.22. The normalized spacial score (nSPS) is 13.4. The summed E-state index contributed by atoms with van der Waals surface area (Å²) < 4.78 is 0. The van der Waals surface area contributed by atoms with Gasteiger partial charge in [-0.25, -0.2) is 0 Å². The van der Waals surface area contributed by atoms with Gasteiger partial charge in [0.15, 0.2) is 0 Å². The van der Waals surface area contributed by atoms with Gasteiger partial charge in [-0.05, 0) is 52.0 Å². The molecule has 0 aromatic rings. The van der Waals surface area contributed by atoms with E-state index in [1.54, 1.807) is 0 Å². The first kappa shape index (κ1) is 13.8. The topological polar surface area (TPSA) is 3.24 Å². The maximum atomic E-state index is 4.04. The van der Waals surface area contributed by atoms with Gasteiger partial charge in [-0.1, -0.05) is 24.8 Å². The molecule has 15 heavy (non-hydrogen) atoms. The second kappa shape index (κ2) is 7.10. The molecule has 0 aromatic carbocycles. The van der Waals surface area contributed by atoms with Crippen LogP contribution in [0.3, 0.4) is 0 Å². The van der Waals surface area contributed by atoms with Crippen molar-refractivity contribution in [3.05, 3.63) is 47.9 Å². The average molecular weight is 205 g/mol. The number of rotatable bonds is 5. The summed E-state index contributed by atoms with van der Waals surface area (Å²) in [6.45, 7) is 15.4. The molecule has 0 N–H and O–H groups in total. The lowest BCUT2D eigenvalue weighted by molar-refractivity contribution is 0.495. The van der Waals surface area contributed by atoms with Crippen LogP contribution in [0.25, 0.3) is 0 Å². The number of nitrogens with zero attached hydrogens (tertiary/aromatic N) is 1. The summed E-state index contributed by atoms with van der Waals surface area (Å²) in [5.41, 5.74) is 3.57. The van der Waals surface area contributed by atoms with E-state index in [0.717, 1.165) is 12.1 Å². The minimum Gasteiger partial charge on any atom is -0.348 e. The van der Waals surface area contributed by atoms with Crippen molar-refractivity contribution in [2.24, 2.45) is 0 Å². The van der Waals surface area contributed by atoms with Crippen LogP contribution in [0.4, 0.5) is 0 Å². The Morgan fingerprint density at radius 1 is 1.20 bits per heavy atom. The predicted octanol–water partition coefficient (Wildman–Crippen LogP) is 4.27. The minimum atomic E-state index is 0.960. The highest BCUT2D eigenvalue weighted by atomic mass is 15.1. The standard InChI is InChI=1S/C14H23N/c1-7-10-13(6)14(12(4)5)15(9-3)11-8-2/h7-8,10-11H,4,9H2,1-3,5-6H3/b10-7-,11-8-,14-13-. The molecular weight excluding hydrogens is 182 g/mol. The number of hydrogen-bond acceptors (Lipinski definition) is 1. The van der Waals surface area contributed by atoms with Gasteiger partial charge in [0.1, 0.15) is 0 Å². The Morgan fingerprint density at radius 3 is 2.13 bits per heavy atom. The molecule has 0 aliphatic heterocycles. The highest BCUT2D eigenvalue weighted by molar-refractivity contribution is 5.36. The van der Waals surface area contributed by atoms with Gasteiger partial charge in [-0.3, -0.25) is 0 Å². The molecule has 0 unspecified atom stereocenters. The van der Waals surface area contributed by atoms with E-state index in [4.69, 9.17) is 0 Å². The molecule has 0 aromatic heterocycles. The highest BCUT2D eigenvalue weighted by Gasteiger charge is 2.07. The van der Waals surface area contributed by atoms with E-state index < -0.39 is 0 Å². The molecule has 0 rings (SSSR count). The van der Waals surface area contributed by atoms with Crippen LogP contribution < -0.4 is 0 Å². The monoisotopic (exact) mass is 205 g/mol. The molecule has 0 saturated heterocycles. The van der Waals surface area contributed by atoms with Crippen molar-refractivity contribution < 1.29 is 0 Å². The number of hydrogen-bond donors (Lipinski definition) is 0. The molecule has 0 radical (unpaired) electrons. The molecular formula is C14H23N. The van der Waals surface area contributed by atoms with Crippen molar-refractivity contribution in [2.45, 2.75) is 34.6 Å². The molecule has 0 aliphatic rings. The Labute approximate surface area is 94.5 Å². The molecule has 0 heterocycles. The Morgan fingerprint density at radius 2 is 1.80 bits per heavy atom. The van der Waals surface area contributed by atoms with E-state index in [9.17, 15) is 0 Å². The van der Waals surface area contributed by atoms with Gasteiger partial charge in [0.2, 0.25) is 0 Å². The molecule has 0 spiro atoms. The van der Waals surface area contributed by atoms with E-state index in [2.05, 4.69) is 56.7 Å².